The molecular weight excluding hydrogens is 257 g/mol. The Morgan fingerprint density at radius 3 is 2.11 bits per heavy atom. The Morgan fingerprint density at radius 1 is 0.947 bits per heavy atom. The fourth-order valence-electron chi connectivity index (χ4n) is 1.67. The van der Waals surface area contributed by atoms with Gasteiger partial charge in [-0.2, -0.15) is 13.2 Å². The molecule has 0 unspecified atom stereocenters. The second-order valence-electron chi connectivity index (χ2n) is 3.94. The Bertz CT molecular complexity index is 601. The Balaban J connectivity index is 2.39. The number of aromatic carboxylic acids is 1. The number of hydrogen-bond donors (Lipinski definition) is 0. The number of carboxylic acid groups (broad SMARTS) is 1. The van der Waals surface area contributed by atoms with E-state index in [1.165, 1.54) is 36.4 Å². The Morgan fingerprint density at radius 2 is 1.58 bits per heavy atom. The lowest BCUT2D eigenvalue weighted by Gasteiger charge is -2.09. The van der Waals surface area contributed by atoms with Crippen LogP contribution in [0.5, 0.6) is 0 Å². The van der Waals surface area contributed by atoms with Crippen LogP contribution >= 0.6 is 0 Å². The summed E-state index contributed by atoms with van der Waals surface area (Å²) in [6.45, 7) is 0. The van der Waals surface area contributed by atoms with Gasteiger partial charge in [-0.1, -0.05) is 36.4 Å². The SMILES string of the molecule is O=C([O-])c1ccc(-c2cccc(C(F)(F)F)c2)cc1. The summed E-state index contributed by atoms with van der Waals surface area (Å²) in [6.07, 6.45) is -4.40. The van der Waals surface area contributed by atoms with Crippen molar-refractivity contribution < 1.29 is 23.1 Å². The number of alkyl halides is 3. The quantitative estimate of drug-likeness (QED) is 0.837. The first kappa shape index (κ1) is 13.1. The highest BCUT2D eigenvalue weighted by atomic mass is 19.4. The molecule has 0 aromatic heterocycles. The molecular formula is C14H8F3O2-. The summed E-state index contributed by atoms with van der Waals surface area (Å²) in [7, 11) is 0. The molecule has 2 aromatic carbocycles. The summed E-state index contributed by atoms with van der Waals surface area (Å²) in [5.41, 5.74) is 0.125. The van der Waals surface area contributed by atoms with E-state index in [1.54, 1.807) is 0 Å². The molecule has 0 saturated carbocycles. The summed E-state index contributed by atoms with van der Waals surface area (Å²) >= 11 is 0. The first-order valence-corrected chi connectivity index (χ1v) is 5.37. The zero-order valence-electron chi connectivity index (χ0n) is 9.57. The second-order valence-corrected chi connectivity index (χ2v) is 3.94. The molecule has 0 fully saturated rings. The number of hydrogen-bond acceptors (Lipinski definition) is 2. The highest BCUT2D eigenvalue weighted by Crippen LogP contribution is 2.32. The summed E-state index contributed by atoms with van der Waals surface area (Å²) in [6, 6.07) is 10.3. The molecule has 0 N–H and O–H groups in total. The highest BCUT2D eigenvalue weighted by Gasteiger charge is 2.30. The lowest BCUT2D eigenvalue weighted by Crippen LogP contribution is -2.21. The van der Waals surface area contributed by atoms with Crippen molar-refractivity contribution in [3.63, 3.8) is 0 Å². The number of halogens is 3. The summed E-state index contributed by atoms with van der Waals surface area (Å²) in [4.78, 5) is 10.6. The number of benzene rings is 2. The van der Waals surface area contributed by atoms with Gasteiger partial charge < -0.3 is 9.90 Å². The van der Waals surface area contributed by atoms with Gasteiger partial charge in [-0.25, -0.2) is 0 Å². The molecule has 0 atom stereocenters. The summed E-state index contributed by atoms with van der Waals surface area (Å²) in [5, 5.41) is 10.6. The number of carboxylic acids is 1. The third-order valence-corrected chi connectivity index (χ3v) is 2.64. The average Bonchev–Trinajstić information content (AvgIpc) is 2.38. The van der Waals surface area contributed by atoms with E-state index in [2.05, 4.69) is 0 Å². The van der Waals surface area contributed by atoms with Crippen molar-refractivity contribution >= 4 is 5.97 Å². The molecule has 19 heavy (non-hydrogen) atoms. The zero-order chi connectivity index (χ0) is 14.0. The van der Waals surface area contributed by atoms with Crippen molar-refractivity contribution in [2.45, 2.75) is 6.18 Å². The van der Waals surface area contributed by atoms with Crippen molar-refractivity contribution in [2.75, 3.05) is 0 Å². The van der Waals surface area contributed by atoms with Crippen molar-refractivity contribution in [1.82, 2.24) is 0 Å². The van der Waals surface area contributed by atoms with Crippen molar-refractivity contribution in [2.24, 2.45) is 0 Å². The van der Waals surface area contributed by atoms with Gasteiger partial charge in [0.25, 0.3) is 0 Å². The second kappa shape index (κ2) is 4.76. The molecule has 0 aliphatic carbocycles. The molecule has 0 aliphatic rings. The van der Waals surface area contributed by atoms with E-state index in [0.29, 0.717) is 11.1 Å². The van der Waals surface area contributed by atoms with Crippen molar-refractivity contribution in [3.05, 3.63) is 59.7 Å². The minimum Gasteiger partial charge on any atom is -0.545 e. The van der Waals surface area contributed by atoms with E-state index in [4.69, 9.17) is 0 Å². The van der Waals surface area contributed by atoms with Gasteiger partial charge in [-0.05, 0) is 28.8 Å². The van der Waals surface area contributed by atoms with Crippen LogP contribution in [0.3, 0.4) is 0 Å². The predicted octanol–water partition coefficient (Wildman–Crippen LogP) is 2.74. The monoisotopic (exact) mass is 265 g/mol. The fourth-order valence-corrected chi connectivity index (χ4v) is 1.67. The largest absolute Gasteiger partial charge is 0.545 e. The first-order chi connectivity index (χ1) is 8.88. The van der Waals surface area contributed by atoms with Crippen LogP contribution in [0.15, 0.2) is 48.5 Å². The molecule has 0 saturated heterocycles. The average molecular weight is 265 g/mol. The lowest BCUT2D eigenvalue weighted by molar-refractivity contribution is -0.255. The van der Waals surface area contributed by atoms with Crippen LogP contribution in [-0.2, 0) is 6.18 Å². The smallest absolute Gasteiger partial charge is 0.416 e. The number of carbonyl (C=O) groups is 1. The standard InChI is InChI=1S/C14H9F3O2/c15-14(16,17)12-3-1-2-11(8-12)9-4-6-10(7-5-9)13(18)19/h1-8H,(H,18,19)/p-1. The molecule has 0 radical (unpaired) electrons. The van der Waals surface area contributed by atoms with Crippen LogP contribution in [-0.4, -0.2) is 5.97 Å². The normalized spacial score (nSPS) is 11.3. The maximum absolute atomic E-state index is 12.6. The molecule has 0 heterocycles. The molecule has 2 nitrogen and oxygen atoms in total. The van der Waals surface area contributed by atoms with Gasteiger partial charge in [-0.15, -0.1) is 0 Å². The van der Waals surface area contributed by atoms with Gasteiger partial charge >= 0.3 is 6.18 Å². The fraction of sp³-hybridized carbons (Fsp3) is 0.0714. The first-order valence-electron chi connectivity index (χ1n) is 5.37. The van der Waals surface area contributed by atoms with E-state index >= 15 is 0 Å². The van der Waals surface area contributed by atoms with Crippen LogP contribution < -0.4 is 5.11 Å². The minimum absolute atomic E-state index is 0.0178. The van der Waals surface area contributed by atoms with Gasteiger partial charge in [0.15, 0.2) is 0 Å². The number of carbonyl (C=O) groups excluding carboxylic acids is 1. The van der Waals surface area contributed by atoms with Gasteiger partial charge in [-0.3, -0.25) is 0 Å². The zero-order valence-corrected chi connectivity index (χ0v) is 9.57. The predicted molar refractivity (Wildman–Crippen MR) is 61.2 cm³/mol. The van der Waals surface area contributed by atoms with E-state index in [9.17, 15) is 23.1 Å². The van der Waals surface area contributed by atoms with E-state index in [-0.39, 0.29) is 5.56 Å². The lowest BCUT2D eigenvalue weighted by atomic mass is 10.0. The number of rotatable bonds is 2. The Labute approximate surface area is 107 Å². The third-order valence-electron chi connectivity index (χ3n) is 2.64. The van der Waals surface area contributed by atoms with E-state index in [0.717, 1.165) is 12.1 Å². The molecule has 0 amide bonds. The summed E-state index contributed by atoms with van der Waals surface area (Å²) in [5.74, 6) is -1.32. The van der Waals surface area contributed by atoms with Crippen LogP contribution in [0.25, 0.3) is 11.1 Å². The van der Waals surface area contributed by atoms with Gasteiger partial charge in [0.2, 0.25) is 0 Å². The van der Waals surface area contributed by atoms with E-state index in [1.807, 2.05) is 0 Å². The maximum Gasteiger partial charge on any atom is 0.416 e. The molecule has 0 aliphatic heterocycles. The van der Waals surface area contributed by atoms with Crippen LogP contribution in [0.1, 0.15) is 15.9 Å². The van der Waals surface area contributed by atoms with Crippen molar-refractivity contribution in [3.8, 4) is 11.1 Å². The van der Waals surface area contributed by atoms with Gasteiger partial charge in [0.05, 0.1) is 11.5 Å². The van der Waals surface area contributed by atoms with Crippen LogP contribution in [0, 0.1) is 0 Å². The molecule has 98 valence electrons. The molecule has 2 aromatic rings. The van der Waals surface area contributed by atoms with Crippen molar-refractivity contribution in [1.29, 1.82) is 0 Å². The van der Waals surface area contributed by atoms with Gasteiger partial charge in [0.1, 0.15) is 0 Å². The molecule has 2 rings (SSSR count). The molecule has 0 bridgehead atoms. The maximum atomic E-state index is 12.6. The topological polar surface area (TPSA) is 40.1 Å². The highest BCUT2D eigenvalue weighted by molar-refractivity contribution is 5.86. The third kappa shape index (κ3) is 2.93. The van der Waals surface area contributed by atoms with Gasteiger partial charge in [0, 0.05) is 0 Å². The Hall–Kier alpha value is -2.30. The molecule has 5 heteroatoms. The molecule has 0 spiro atoms. The van der Waals surface area contributed by atoms with E-state index < -0.39 is 17.7 Å². The van der Waals surface area contributed by atoms with Crippen LogP contribution in [0.4, 0.5) is 13.2 Å². The van der Waals surface area contributed by atoms with Crippen LogP contribution in [0.2, 0.25) is 0 Å². The summed E-state index contributed by atoms with van der Waals surface area (Å²) < 4.78 is 37.7. The Kier molecular flexibility index (Phi) is 3.29. The minimum atomic E-state index is -4.40.